The molecule has 0 aliphatic rings. The number of thioether (sulfide) groups is 1. The van der Waals surface area contributed by atoms with E-state index < -0.39 is 0 Å². The SMILES string of the molecule is CNC(=O)c1sc(NCC(C)(C)CN(C)C)c(SC)c1N. The number of carbonyl (C=O) groups is 1. The van der Waals surface area contributed by atoms with E-state index in [0.717, 1.165) is 23.0 Å². The van der Waals surface area contributed by atoms with Crippen LogP contribution in [-0.4, -0.2) is 51.3 Å². The standard InChI is InChI=1S/C14H26N4OS2/c1-14(2,8-18(4)5)7-17-13-11(20-6)9(15)10(21-13)12(19)16-3/h17H,7-8,15H2,1-6H3,(H,16,19). The van der Waals surface area contributed by atoms with Gasteiger partial charge in [-0.15, -0.1) is 23.1 Å². The average Bonchev–Trinajstić information content (AvgIpc) is 2.70. The van der Waals surface area contributed by atoms with E-state index in [1.165, 1.54) is 11.3 Å². The summed E-state index contributed by atoms with van der Waals surface area (Å²) in [4.78, 5) is 15.6. The number of carbonyl (C=O) groups excluding carboxylic acids is 1. The third-order valence-corrected chi connectivity index (χ3v) is 5.13. The van der Waals surface area contributed by atoms with E-state index in [0.29, 0.717) is 10.6 Å². The Bertz CT molecular complexity index is 497. The quantitative estimate of drug-likeness (QED) is 0.670. The highest BCUT2D eigenvalue weighted by molar-refractivity contribution is 7.99. The van der Waals surface area contributed by atoms with Crippen LogP contribution < -0.4 is 16.4 Å². The average molecular weight is 331 g/mol. The molecule has 1 heterocycles. The number of anilines is 2. The molecular formula is C14H26N4OS2. The molecule has 1 aromatic heterocycles. The van der Waals surface area contributed by atoms with Crippen LogP contribution in [0.1, 0.15) is 23.5 Å². The monoisotopic (exact) mass is 330 g/mol. The van der Waals surface area contributed by atoms with Gasteiger partial charge in [0.2, 0.25) is 0 Å². The molecule has 120 valence electrons. The van der Waals surface area contributed by atoms with Gasteiger partial charge in [-0.1, -0.05) is 13.8 Å². The molecule has 0 fully saturated rings. The van der Waals surface area contributed by atoms with Crippen LogP contribution in [0.3, 0.4) is 0 Å². The summed E-state index contributed by atoms with van der Waals surface area (Å²) in [7, 11) is 5.76. The normalized spacial score (nSPS) is 11.8. The van der Waals surface area contributed by atoms with E-state index in [1.807, 2.05) is 6.26 Å². The van der Waals surface area contributed by atoms with Crippen molar-refractivity contribution in [1.82, 2.24) is 10.2 Å². The van der Waals surface area contributed by atoms with Gasteiger partial charge in [0.15, 0.2) is 0 Å². The molecule has 0 unspecified atom stereocenters. The lowest BCUT2D eigenvalue weighted by molar-refractivity contribution is 0.0968. The Kier molecular flexibility index (Phi) is 6.37. The molecule has 0 saturated heterocycles. The van der Waals surface area contributed by atoms with Gasteiger partial charge in [-0.3, -0.25) is 4.79 Å². The first-order valence-electron chi connectivity index (χ1n) is 6.78. The Morgan fingerprint density at radius 3 is 2.52 bits per heavy atom. The van der Waals surface area contributed by atoms with E-state index in [-0.39, 0.29) is 11.3 Å². The van der Waals surface area contributed by atoms with Gasteiger partial charge in [-0.25, -0.2) is 0 Å². The second kappa shape index (κ2) is 7.38. The van der Waals surface area contributed by atoms with Gasteiger partial charge in [-0.2, -0.15) is 0 Å². The highest BCUT2D eigenvalue weighted by Gasteiger charge is 2.23. The van der Waals surface area contributed by atoms with E-state index in [2.05, 4.69) is 43.5 Å². The van der Waals surface area contributed by atoms with E-state index in [1.54, 1.807) is 18.8 Å². The third kappa shape index (κ3) is 4.79. The number of rotatable bonds is 7. The fourth-order valence-corrected chi connectivity index (χ4v) is 4.24. The molecule has 5 nitrogen and oxygen atoms in total. The topological polar surface area (TPSA) is 70.4 Å². The van der Waals surface area contributed by atoms with Crippen molar-refractivity contribution in [2.45, 2.75) is 18.7 Å². The van der Waals surface area contributed by atoms with Crippen LogP contribution in [-0.2, 0) is 0 Å². The Labute approximate surface area is 135 Å². The summed E-state index contributed by atoms with van der Waals surface area (Å²) >= 11 is 2.99. The Balaban J connectivity index is 2.91. The van der Waals surface area contributed by atoms with E-state index in [4.69, 9.17) is 5.73 Å². The molecule has 0 aliphatic carbocycles. The largest absolute Gasteiger partial charge is 0.396 e. The minimum Gasteiger partial charge on any atom is -0.396 e. The third-order valence-electron chi connectivity index (χ3n) is 3.01. The highest BCUT2D eigenvalue weighted by Crippen LogP contribution is 2.42. The Morgan fingerprint density at radius 1 is 1.43 bits per heavy atom. The summed E-state index contributed by atoms with van der Waals surface area (Å²) in [5, 5.41) is 7.07. The fraction of sp³-hybridized carbons (Fsp3) is 0.643. The zero-order chi connectivity index (χ0) is 16.2. The van der Waals surface area contributed by atoms with Crippen molar-refractivity contribution in [3.05, 3.63) is 4.88 Å². The first-order chi connectivity index (χ1) is 9.71. The zero-order valence-corrected chi connectivity index (χ0v) is 15.3. The number of nitrogens with one attached hydrogen (secondary N) is 2. The number of thiophene rings is 1. The second-order valence-corrected chi connectivity index (χ2v) is 7.88. The molecule has 0 aromatic carbocycles. The van der Waals surface area contributed by atoms with E-state index >= 15 is 0 Å². The molecule has 4 N–H and O–H groups in total. The summed E-state index contributed by atoms with van der Waals surface area (Å²) in [5.41, 5.74) is 6.79. The molecule has 0 bridgehead atoms. The van der Waals surface area contributed by atoms with Crippen molar-refractivity contribution in [3.63, 3.8) is 0 Å². The molecule has 1 aromatic rings. The van der Waals surface area contributed by atoms with Crippen LogP contribution in [0.2, 0.25) is 0 Å². The van der Waals surface area contributed by atoms with Gasteiger partial charge in [0.25, 0.3) is 5.91 Å². The lowest BCUT2D eigenvalue weighted by atomic mass is 9.93. The minimum atomic E-state index is -0.131. The molecular weight excluding hydrogens is 304 g/mol. The van der Waals surface area contributed by atoms with Gasteiger partial charge in [0.1, 0.15) is 9.88 Å². The van der Waals surface area contributed by atoms with Crippen LogP contribution in [0, 0.1) is 5.41 Å². The van der Waals surface area contributed by atoms with Crippen molar-refractivity contribution < 1.29 is 4.79 Å². The number of nitrogens with zero attached hydrogens (tertiary/aromatic N) is 1. The summed E-state index contributed by atoms with van der Waals surface area (Å²) < 4.78 is 0. The van der Waals surface area contributed by atoms with Crippen molar-refractivity contribution in [3.8, 4) is 0 Å². The maximum atomic E-state index is 11.8. The predicted molar refractivity (Wildman–Crippen MR) is 94.7 cm³/mol. The number of amides is 1. The van der Waals surface area contributed by atoms with Gasteiger partial charge in [-0.05, 0) is 25.8 Å². The molecule has 0 atom stereocenters. The van der Waals surface area contributed by atoms with Crippen LogP contribution in [0.4, 0.5) is 10.7 Å². The minimum absolute atomic E-state index is 0.130. The van der Waals surface area contributed by atoms with Crippen molar-refractivity contribution in [1.29, 1.82) is 0 Å². The van der Waals surface area contributed by atoms with Crippen LogP contribution >= 0.6 is 23.1 Å². The van der Waals surface area contributed by atoms with Crippen molar-refractivity contribution in [2.24, 2.45) is 5.41 Å². The zero-order valence-electron chi connectivity index (χ0n) is 13.7. The van der Waals surface area contributed by atoms with E-state index in [9.17, 15) is 4.79 Å². The lowest BCUT2D eigenvalue weighted by Gasteiger charge is -2.28. The number of hydrogen-bond acceptors (Lipinski definition) is 6. The fourth-order valence-electron chi connectivity index (χ4n) is 2.26. The predicted octanol–water partition coefficient (Wildman–Crippen LogP) is 2.41. The highest BCUT2D eigenvalue weighted by atomic mass is 32.2. The molecule has 0 radical (unpaired) electrons. The molecule has 1 rings (SSSR count). The summed E-state index contributed by atoms with van der Waals surface area (Å²) in [6.07, 6.45) is 1.97. The Morgan fingerprint density at radius 2 is 2.05 bits per heavy atom. The first kappa shape index (κ1) is 18.1. The molecule has 0 aliphatic heterocycles. The van der Waals surface area contributed by atoms with Crippen LogP contribution in [0.25, 0.3) is 0 Å². The van der Waals surface area contributed by atoms with Crippen molar-refractivity contribution in [2.75, 3.05) is 51.5 Å². The maximum Gasteiger partial charge on any atom is 0.263 e. The molecule has 0 saturated carbocycles. The van der Waals surface area contributed by atoms with Crippen LogP contribution in [0.15, 0.2) is 4.90 Å². The van der Waals surface area contributed by atoms with Gasteiger partial charge < -0.3 is 21.3 Å². The smallest absolute Gasteiger partial charge is 0.263 e. The van der Waals surface area contributed by atoms with Gasteiger partial charge in [0.05, 0.1) is 10.6 Å². The summed E-state index contributed by atoms with van der Waals surface area (Å²) in [6, 6.07) is 0. The number of nitrogens with two attached hydrogens (primary N) is 1. The van der Waals surface area contributed by atoms with Crippen molar-refractivity contribution >= 4 is 39.7 Å². The molecule has 7 heteroatoms. The maximum absolute atomic E-state index is 11.8. The summed E-state index contributed by atoms with van der Waals surface area (Å²) in [6.45, 7) is 6.24. The Hall–Kier alpha value is -0.920. The lowest BCUT2D eigenvalue weighted by Crippen LogP contribution is -2.34. The van der Waals surface area contributed by atoms with Gasteiger partial charge in [0, 0.05) is 20.1 Å². The summed E-state index contributed by atoms with van der Waals surface area (Å²) in [5.74, 6) is -0.131. The molecule has 1 amide bonds. The second-order valence-electron chi connectivity index (χ2n) is 6.04. The number of nitrogen functional groups attached to an aromatic ring is 1. The van der Waals surface area contributed by atoms with Gasteiger partial charge >= 0.3 is 0 Å². The molecule has 0 spiro atoms. The van der Waals surface area contributed by atoms with Crippen LogP contribution in [0.5, 0.6) is 0 Å². The number of hydrogen-bond donors (Lipinski definition) is 3. The molecule has 21 heavy (non-hydrogen) atoms. The first-order valence-corrected chi connectivity index (χ1v) is 8.83.